The lowest BCUT2D eigenvalue weighted by molar-refractivity contribution is 0.102. The maximum Gasteiger partial charge on any atom is 0.271 e. The van der Waals surface area contributed by atoms with Crippen molar-refractivity contribution in [1.82, 2.24) is 9.97 Å². The molecule has 0 aliphatic carbocycles. The number of anilines is 1. The summed E-state index contributed by atoms with van der Waals surface area (Å²) in [6.45, 7) is 2.38. The molecule has 0 unspecified atom stereocenters. The number of benzene rings is 1. The Morgan fingerprint density at radius 2 is 1.96 bits per heavy atom. The molecule has 0 aliphatic rings. The second kappa shape index (κ2) is 7.44. The first-order valence-electron chi connectivity index (χ1n) is 7.84. The molecule has 6 heteroatoms. The van der Waals surface area contributed by atoms with Crippen molar-refractivity contribution in [1.29, 1.82) is 0 Å². The number of hydrogen-bond acceptors (Lipinski definition) is 4. The molecule has 0 aliphatic heterocycles. The van der Waals surface area contributed by atoms with Crippen LogP contribution in [0.1, 0.15) is 17.3 Å². The summed E-state index contributed by atoms with van der Waals surface area (Å²) in [4.78, 5) is 31.1. The third-order valence-electron chi connectivity index (χ3n) is 3.57. The molecule has 0 spiro atoms. The van der Waals surface area contributed by atoms with Gasteiger partial charge in [-0.1, -0.05) is 6.07 Å². The van der Waals surface area contributed by atoms with E-state index < -0.39 is 0 Å². The fraction of sp³-hybridized carbons (Fsp3) is 0.105. The molecule has 25 heavy (non-hydrogen) atoms. The molecule has 1 aromatic carbocycles. The van der Waals surface area contributed by atoms with Gasteiger partial charge in [0.15, 0.2) is 0 Å². The normalized spacial score (nSPS) is 10.3. The zero-order valence-electron chi connectivity index (χ0n) is 13.7. The van der Waals surface area contributed by atoms with E-state index in [0.717, 1.165) is 11.1 Å². The number of nitrogens with one attached hydrogen (secondary N) is 2. The molecule has 0 saturated heterocycles. The van der Waals surface area contributed by atoms with Crippen molar-refractivity contribution < 1.29 is 9.53 Å². The van der Waals surface area contributed by atoms with Gasteiger partial charge in [0.05, 0.1) is 6.61 Å². The third-order valence-corrected chi connectivity index (χ3v) is 3.57. The number of ether oxygens (including phenoxy) is 1. The minimum atomic E-state index is -0.376. The Morgan fingerprint density at radius 3 is 2.72 bits per heavy atom. The van der Waals surface area contributed by atoms with E-state index in [1.165, 1.54) is 0 Å². The van der Waals surface area contributed by atoms with Crippen LogP contribution in [0.4, 0.5) is 5.69 Å². The minimum Gasteiger partial charge on any atom is -0.494 e. The number of amides is 1. The summed E-state index contributed by atoms with van der Waals surface area (Å²) in [5.41, 5.74) is 1.90. The van der Waals surface area contributed by atoms with Gasteiger partial charge in [-0.05, 0) is 48.9 Å². The van der Waals surface area contributed by atoms with Crippen molar-refractivity contribution in [2.24, 2.45) is 0 Å². The van der Waals surface area contributed by atoms with Crippen LogP contribution < -0.4 is 15.6 Å². The first-order chi connectivity index (χ1) is 12.2. The monoisotopic (exact) mass is 335 g/mol. The van der Waals surface area contributed by atoms with Gasteiger partial charge in [0, 0.05) is 29.7 Å². The van der Waals surface area contributed by atoms with E-state index in [1.807, 2.05) is 19.1 Å². The van der Waals surface area contributed by atoms with Gasteiger partial charge in [-0.25, -0.2) is 0 Å². The molecule has 0 radical (unpaired) electrons. The smallest absolute Gasteiger partial charge is 0.271 e. The van der Waals surface area contributed by atoms with Gasteiger partial charge < -0.3 is 15.0 Å². The van der Waals surface area contributed by atoms with Crippen LogP contribution in [0.3, 0.4) is 0 Å². The molecule has 3 aromatic rings. The number of carbonyl (C=O) groups excluding carboxylic acids is 1. The second-order valence-corrected chi connectivity index (χ2v) is 5.28. The lowest BCUT2D eigenvalue weighted by Crippen LogP contribution is -2.19. The Kier molecular flexibility index (Phi) is 4.89. The maximum atomic E-state index is 12.4. The number of rotatable bonds is 5. The van der Waals surface area contributed by atoms with Crippen molar-refractivity contribution in [3.8, 4) is 16.9 Å². The summed E-state index contributed by atoms with van der Waals surface area (Å²) >= 11 is 0. The Bertz CT molecular complexity index is 936. The van der Waals surface area contributed by atoms with Gasteiger partial charge in [-0.15, -0.1) is 0 Å². The van der Waals surface area contributed by atoms with Gasteiger partial charge in [-0.3, -0.25) is 14.6 Å². The number of H-pyrrole nitrogens is 1. The molecule has 126 valence electrons. The van der Waals surface area contributed by atoms with Gasteiger partial charge in [0.1, 0.15) is 11.4 Å². The molecule has 0 saturated carbocycles. The van der Waals surface area contributed by atoms with E-state index in [1.54, 1.807) is 48.9 Å². The standard InChI is InChI=1S/C19H17N3O3/c1-2-25-16-5-3-4-14(10-16)18(23)22-17-11-15(12-21-19(17)24)13-6-8-20-9-7-13/h3-12H,2H2,1H3,(H,21,24)(H,22,23). The average molecular weight is 335 g/mol. The van der Waals surface area contributed by atoms with Crippen molar-refractivity contribution in [3.63, 3.8) is 0 Å². The van der Waals surface area contributed by atoms with Crippen LogP contribution in [0.15, 0.2) is 65.8 Å². The van der Waals surface area contributed by atoms with E-state index >= 15 is 0 Å². The fourth-order valence-electron chi connectivity index (χ4n) is 2.38. The topological polar surface area (TPSA) is 84.1 Å². The van der Waals surface area contributed by atoms with Gasteiger partial charge >= 0.3 is 0 Å². The number of carbonyl (C=O) groups is 1. The average Bonchev–Trinajstić information content (AvgIpc) is 2.65. The number of hydrogen-bond donors (Lipinski definition) is 2. The zero-order valence-corrected chi connectivity index (χ0v) is 13.7. The van der Waals surface area contributed by atoms with Crippen molar-refractivity contribution in [3.05, 3.63) is 77.0 Å². The highest BCUT2D eigenvalue weighted by Gasteiger charge is 2.11. The number of pyridine rings is 2. The largest absolute Gasteiger partial charge is 0.494 e. The predicted octanol–water partition coefficient (Wildman–Crippen LogP) is 3.09. The van der Waals surface area contributed by atoms with Crippen LogP contribution in [-0.2, 0) is 0 Å². The predicted molar refractivity (Wildman–Crippen MR) is 95.9 cm³/mol. The first kappa shape index (κ1) is 16.4. The van der Waals surface area contributed by atoms with E-state index in [2.05, 4.69) is 15.3 Å². The molecular formula is C19H17N3O3. The molecule has 2 N–H and O–H groups in total. The van der Waals surface area contributed by atoms with Crippen LogP contribution >= 0.6 is 0 Å². The summed E-state index contributed by atoms with van der Waals surface area (Å²) in [6.07, 6.45) is 4.93. The maximum absolute atomic E-state index is 12.4. The van der Waals surface area contributed by atoms with Crippen LogP contribution in [0, 0.1) is 0 Å². The highest BCUT2D eigenvalue weighted by molar-refractivity contribution is 6.04. The van der Waals surface area contributed by atoms with Crippen molar-refractivity contribution >= 4 is 11.6 Å². The Balaban J connectivity index is 1.86. The van der Waals surface area contributed by atoms with E-state index in [9.17, 15) is 9.59 Å². The fourth-order valence-corrected chi connectivity index (χ4v) is 2.38. The van der Waals surface area contributed by atoms with Crippen LogP contribution in [-0.4, -0.2) is 22.5 Å². The Labute approximate surface area is 144 Å². The summed E-state index contributed by atoms with van der Waals surface area (Å²) in [7, 11) is 0. The summed E-state index contributed by atoms with van der Waals surface area (Å²) in [5, 5.41) is 2.65. The van der Waals surface area contributed by atoms with E-state index in [-0.39, 0.29) is 17.2 Å². The molecule has 2 heterocycles. The lowest BCUT2D eigenvalue weighted by atomic mass is 10.1. The lowest BCUT2D eigenvalue weighted by Gasteiger charge is -2.08. The van der Waals surface area contributed by atoms with Gasteiger partial charge in [0.25, 0.3) is 11.5 Å². The molecule has 0 bridgehead atoms. The molecule has 6 nitrogen and oxygen atoms in total. The number of aromatic amines is 1. The third kappa shape index (κ3) is 3.92. The van der Waals surface area contributed by atoms with E-state index in [4.69, 9.17) is 4.74 Å². The van der Waals surface area contributed by atoms with Crippen molar-refractivity contribution in [2.45, 2.75) is 6.92 Å². The molecule has 0 atom stereocenters. The second-order valence-electron chi connectivity index (χ2n) is 5.28. The molecular weight excluding hydrogens is 318 g/mol. The highest BCUT2D eigenvalue weighted by atomic mass is 16.5. The summed E-state index contributed by atoms with van der Waals surface area (Å²) in [5.74, 6) is 0.230. The quantitative estimate of drug-likeness (QED) is 0.750. The summed E-state index contributed by atoms with van der Waals surface area (Å²) < 4.78 is 5.39. The summed E-state index contributed by atoms with van der Waals surface area (Å²) in [6, 6.07) is 12.1. The molecule has 0 fully saturated rings. The Morgan fingerprint density at radius 1 is 1.16 bits per heavy atom. The van der Waals surface area contributed by atoms with E-state index in [0.29, 0.717) is 17.9 Å². The SMILES string of the molecule is CCOc1cccc(C(=O)Nc2cc(-c3ccncc3)c[nH]c2=O)c1. The van der Waals surface area contributed by atoms with Crippen LogP contribution in [0.2, 0.25) is 0 Å². The van der Waals surface area contributed by atoms with Crippen LogP contribution in [0.5, 0.6) is 5.75 Å². The van der Waals surface area contributed by atoms with Gasteiger partial charge in [-0.2, -0.15) is 0 Å². The Hall–Kier alpha value is -3.41. The number of aromatic nitrogens is 2. The number of nitrogens with zero attached hydrogens (tertiary/aromatic N) is 1. The van der Waals surface area contributed by atoms with Crippen molar-refractivity contribution in [2.75, 3.05) is 11.9 Å². The molecule has 3 rings (SSSR count). The van der Waals surface area contributed by atoms with Crippen LogP contribution in [0.25, 0.3) is 11.1 Å². The highest BCUT2D eigenvalue weighted by Crippen LogP contribution is 2.19. The molecule has 2 aromatic heterocycles. The molecule has 1 amide bonds. The van der Waals surface area contributed by atoms with Gasteiger partial charge in [0.2, 0.25) is 0 Å². The minimum absolute atomic E-state index is 0.182. The first-order valence-corrected chi connectivity index (χ1v) is 7.84. The zero-order chi connectivity index (χ0) is 17.6.